The molecule has 0 aromatic rings. The third-order valence-corrected chi connectivity index (χ3v) is 7.39. The molecular weight excluding hydrogens is 466 g/mol. The van der Waals surface area contributed by atoms with Crippen LogP contribution in [0.1, 0.15) is 181 Å². The summed E-state index contributed by atoms with van der Waals surface area (Å²) in [7, 11) is 0. The van der Waals surface area contributed by atoms with E-state index < -0.39 is 0 Å². The van der Waals surface area contributed by atoms with Crippen molar-refractivity contribution in [3.8, 4) is 0 Å². The summed E-state index contributed by atoms with van der Waals surface area (Å²) in [5.41, 5.74) is 0. The van der Waals surface area contributed by atoms with E-state index in [9.17, 15) is 0 Å². The number of rotatable bonds is 29. The molecule has 0 saturated carbocycles. The molecule has 0 unspecified atom stereocenters. The molecule has 0 aliphatic rings. The Balaban J connectivity index is 3.50. The van der Waals surface area contributed by atoms with Gasteiger partial charge in [0.2, 0.25) is 4.38 Å². The van der Waals surface area contributed by atoms with Crippen LogP contribution >= 0.6 is 24.8 Å². The SMILES string of the molecule is CCCCCCCCCCCCCCCN(CCCCCCCCCCCCCCC)OC(=S)S. The van der Waals surface area contributed by atoms with E-state index in [1.165, 1.54) is 167 Å². The molecule has 0 N–H and O–H groups in total. The van der Waals surface area contributed by atoms with Gasteiger partial charge in [-0.15, -0.1) is 5.06 Å². The Morgan fingerprint density at radius 2 is 0.686 bits per heavy atom. The minimum absolute atomic E-state index is 0.356. The van der Waals surface area contributed by atoms with Crippen LogP contribution in [-0.2, 0) is 4.84 Å². The minimum Gasteiger partial charge on any atom is -0.387 e. The lowest BCUT2D eigenvalue weighted by atomic mass is 10.0. The van der Waals surface area contributed by atoms with Gasteiger partial charge in [0.05, 0.1) is 0 Å². The van der Waals surface area contributed by atoms with Gasteiger partial charge in [-0.05, 0) is 25.1 Å². The average Bonchev–Trinajstić information content (AvgIpc) is 2.84. The van der Waals surface area contributed by atoms with Gasteiger partial charge in [0.25, 0.3) is 0 Å². The molecule has 0 atom stereocenters. The molecule has 35 heavy (non-hydrogen) atoms. The largest absolute Gasteiger partial charge is 0.387 e. The highest BCUT2D eigenvalue weighted by Crippen LogP contribution is 2.15. The molecule has 0 radical (unpaired) electrons. The molecule has 0 aliphatic carbocycles. The topological polar surface area (TPSA) is 12.5 Å². The van der Waals surface area contributed by atoms with Crippen molar-refractivity contribution >= 4 is 29.2 Å². The van der Waals surface area contributed by atoms with Gasteiger partial charge in [-0.25, -0.2) is 0 Å². The van der Waals surface area contributed by atoms with Crippen LogP contribution in [0.4, 0.5) is 0 Å². The summed E-state index contributed by atoms with van der Waals surface area (Å²) >= 11 is 9.26. The molecule has 0 heterocycles. The van der Waals surface area contributed by atoms with Crippen LogP contribution in [0.15, 0.2) is 0 Å². The van der Waals surface area contributed by atoms with Gasteiger partial charge in [0.15, 0.2) is 0 Å². The third kappa shape index (κ3) is 30.3. The van der Waals surface area contributed by atoms with Crippen molar-refractivity contribution in [1.82, 2.24) is 5.06 Å². The highest BCUT2D eigenvalue weighted by molar-refractivity contribution is 8.10. The fourth-order valence-corrected chi connectivity index (χ4v) is 5.15. The van der Waals surface area contributed by atoms with E-state index in [1.807, 2.05) is 0 Å². The van der Waals surface area contributed by atoms with Crippen molar-refractivity contribution in [2.24, 2.45) is 0 Å². The van der Waals surface area contributed by atoms with Gasteiger partial charge in [-0.3, -0.25) is 0 Å². The molecule has 0 fully saturated rings. The van der Waals surface area contributed by atoms with E-state index >= 15 is 0 Å². The normalized spacial score (nSPS) is 11.4. The van der Waals surface area contributed by atoms with Crippen LogP contribution in [0.3, 0.4) is 0 Å². The van der Waals surface area contributed by atoms with Crippen molar-refractivity contribution < 1.29 is 4.84 Å². The Labute approximate surface area is 232 Å². The number of nitrogens with zero attached hydrogens (tertiary/aromatic N) is 1. The molecule has 0 rings (SSSR count). The van der Waals surface area contributed by atoms with Crippen LogP contribution in [0.2, 0.25) is 0 Å². The molecule has 0 bridgehead atoms. The summed E-state index contributed by atoms with van der Waals surface area (Å²) in [6.07, 6.45) is 36.1. The van der Waals surface area contributed by atoms with Crippen LogP contribution in [0.5, 0.6) is 0 Å². The fourth-order valence-electron chi connectivity index (χ4n) is 4.93. The van der Waals surface area contributed by atoms with E-state index in [1.54, 1.807) is 0 Å². The Morgan fingerprint density at radius 1 is 0.457 bits per heavy atom. The van der Waals surface area contributed by atoms with Crippen molar-refractivity contribution in [2.75, 3.05) is 13.1 Å². The van der Waals surface area contributed by atoms with E-state index in [4.69, 9.17) is 17.1 Å². The zero-order chi connectivity index (χ0) is 25.7. The first-order valence-electron chi connectivity index (χ1n) is 15.9. The number of hydrogen-bond donors (Lipinski definition) is 1. The summed E-state index contributed by atoms with van der Waals surface area (Å²) in [5.74, 6) is 0. The Hall–Kier alpha value is 0.200. The zero-order valence-electron chi connectivity index (χ0n) is 24.0. The third-order valence-electron chi connectivity index (χ3n) is 7.23. The lowest BCUT2D eigenvalue weighted by molar-refractivity contribution is -0.0676. The van der Waals surface area contributed by atoms with Crippen molar-refractivity contribution in [2.45, 2.75) is 181 Å². The summed E-state index contributed by atoms with van der Waals surface area (Å²) < 4.78 is 0.356. The average molecular weight is 530 g/mol. The number of hydrogen-bond acceptors (Lipinski definition) is 3. The summed E-state index contributed by atoms with van der Waals surface area (Å²) in [6.45, 7) is 6.55. The van der Waals surface area contributed by atoms with Gasteiger partial charge in [-0.2, -0.15) is 0 Å². The number of thiocarbonyl (C=S) groups is 1. The first kappa shape index (κ1) is 35.2. The Kier molecular flexibility index (Phi) is 30.6. The first-order chi connectivity index (χ1) is 17.2. The second-order valence-corrected chi connectivity index (χ2v) is 11.9. The number of unbranched alkanes of at least 4 members (excludes halogenated alkanes) is 24. The molecule has 0 amide bonds. The molecule has 0 aliphatic heterocycles. The molecule has 0 saturated heterocycles. The van der Waals surface area contributed by atoms with Crippen molar-refractivity contribution in [3.63, 3.8) is 0 Å². The molecule has 4 heteroatoms. The van der Waals surface area contributed by atoms with Crippen LogP contribution in [-0.4, -0.2) is 22.5 Å². The van der Waals surface area contributed by atoms with Gasteiger partial charge >= 0.3 is 0 Å². The summed E-state index contributed by atoms with van der Waals surface area (Å²) in [5, 5.41) is 2.06. The standard InChI is InChI=1S/C31H63NOS2/c1-3-5-7-9-11-13-15-17-19-21-23-25-27-29-32(33-31(34)35)30-28-26-24-22-20-18-16-14-12-10-8-6-4-2/h3-30H2,1-2H3,(H,34,35). The summed E-state index contributed by atoms with van der Waals surface area (Å²) in [6, 6.07) is 0. The smallest absolute Gasteiger partial charge is 0.241 e. The molecule has 0 aromatic carbocycles. The number of hydroxylamine groups is 2. The molecular formula is C31H63NOS2. The van der Waals surface area contributed by atoms with E-state index in [0.717, 1.165) is 13.1 Å². The van der Waals surface area contributed by atoms with Crippen molar-refractivity contribution in [3.05, 3.63) is 0 Å². The second-order valence-electron chi connectivity index (χ2n) is 10.8. The predicted octanol–water partition coefficient (Wildman–Crippen LogP) is 11.6. The maximum atomic E-state index is 5.69. The highest BCUT2D eigenvalue weighted by atomic mass is 32.1. The molecule has 210 valence electrons. The van der Waals surface area contributed by atoms with Gasteiger partial charge in [0, 0.05) is 13.1 Å². The second kappa shape index (κ2) is 30.4. The van der Waals surface area contributed by atoms with E-state index in [0.29, 0.717) is 4.38 Å². The Bertz CT molecular complexity index is 389. The zero-order valence-corrected chi connectivity index (χ0v) is 25.7. The minimum atomic E-state index is 0.356. The Morgan fingerprint density at radius 3 is 0.914 bits per heavy atom. The lowest BCUT2D eigenvalue weighted by Gasteiger charge is -2.21. The van der Waals surface area contributed by atoms with Crippen LogP contribution in [0, 0.1) is 0 Å². The van der Waals surface area contributed by atoms with Crippen molar-refractivity contribution in [1.29, 1.82) is 0 Å². The van der Waals surface area contributed by atoms with E-state index in [2.05, 4.69) is 31.5 Å². The maximum absolute atomic E-state index is 5.69. The maximum Gasteiger partial charge on any atom is 0.241 e. The van der Waals surface area contributed by atoms with E-state index in [-0.39, 0.29) is 0 Å². The fraction of sp³-hybridized carbons (Fsp3) is 0.968. The van der Waals surface area contributed by atoms with Crippen LogP contribution in [0.25, 0.3) is 0 Å². The van der Waals surface area contributed by atoms with Crippen LogP contribution < -0.4 is 0 Å². The monoisotopic (exact) mass is 529 g/mol. The van der Waals surface area contributed by atoms with Gasteiger partial charge in [-0.1, -0.05) is 181 Å². The molecule has 2 nitrogen and oxygen atoms in total. The van der Waals surface area contributed by atoms with Gasteiger partial charge in [0.1, 0.15) is 0 Å². The van der Waals surface area contributed by atoms with Gasteiger partial charge < -0.3 is 4.84 Å². The lowest BCUT2D eigenvalue weighted by Crippen LogP contribution is -2.27. The molecule has 0 aromatic heterocycles. The quantitative estimate of drug-likeness (QED) is 0.0448. The highest BCUT2D eigenvalue weighted by Gasteiger charge is 2.07. The number of thiol groups is 1. The predicted molar refractivity (Wildman–Crippen MR) is 166 cm³/mol. The first-order valence-corrected chi connectivity index (χ1v) is 16.7. The summed E-state index contributed by atoms with van der Waals surface area (Å²) in [4.78, 5) is 5.69. The molecule has 0 spiro atoms.